The summed E-state index contributed by atoms with van der Waals surface area (Å²) in [5.41, 5.74) is 2.09. The highest BCUT2D eigenvalue weighted by Gasteiger charge is 2.49. The van der Waals surface area contributed by atoms with Gasteiger partial charge in [-0.25, -0.2) is 4.98 Å². The summed E-state index contributed by atoms with van der Waals surface area (Å²) in [6.07, 6.45) is 7.97. The molecule has 0 spiro atoms. The molecule has 0 fully saturated rings. The summed E-state index contributed by atoms with van der Waals surface area (Å²) in [6.45, 7) is 23.7. The van der Waals surface area contributed by atoms with Crippen molar-refractivity contribution in [1.82, 2.24) is 4.98 Å². The van der Waals surface area contributed by atoms with Gasteiger partial charge in [0.05, 0.1) is 6.61 Å². The van der Waals surface area contributed by atoms with Crippen LogP contribution >= 0.6 is 0 Å². The Morgan fingerprint density at radius 3 is 1.93 bits per heavy atom. The number of hydrogen-bond donors (Lipinski definition) is 0. The number of allylic oxidation sites excluding steroid dienone is 1. The normalized spacial score (nSPS) is 13.8. The molecule has 0 bridgehead atoms. The molecule has 0 aliphatic rings. The first-order valence-electron chi connectivity index (χ1n) is 14.9. The second-order valence-electron chi connectivity index (χ2n) is 13.6. The minimum atomic E-state index is -2.50. The van der Waals surface area contributed by atoms with Crippen LogP contribution in [0.3, 0.4) is 0 Å². The van der Waals surface area contributed by atoms with Crippen molar-refractivity contribution in [2.75, 3.05) is 13.2 Å². The van der Waals surface area contributed by atoms with Crippen LogP contribution < -0.4 is 10.4 Å². The highest BCUT2D eigenvalue weighted by molar-refractivity contribution is 6.99. The topological polar surface area (TPSA) is 44.5 Å². The summed E-state index contributed by atoms with van der Waals surface area (Å²) in [5.74, 6) is 1.47. The molecule has 0 unspecified atom stereocenters. The van der Waals surface area contributed by atoms with Crippen LogP contribution in [0.2, 0.25) is 23.2 Å². The molecule has 1 heterocycles. The molecule has 3 rings (SSSR count). The molecule has 0 N–H and O–H groups in total. The van der Waals surface area contributed by atoms with Crippen LogP contribution in [0.4, 0.5) is 0 Å². The van der Waals surface area contributed by atoms with E-state index < -0.39 is 16.6 Å². The molecule has 41 heavy (non-hydrogen) atoms. The van der Waals surface area contributed by atoms with Crippen molar-refractivity contribution in [3.63, 3.8) is 0 Å². The maximum Gasteiger partial charge on any atom is 0.261 e. The van der Waals surface area contributed by atoms with Crippen molar-refractivity contribution >= 4 is 39.2 Å². The van der Waals surface area contributed by atoms with Gasteiger partial charge < -0.3 is 13.3 Å². The lowest BCUT2D eigenvalue weighted by Crippen LogP contribution is -2.66. The second kappa shape index (κ2) is 13.6. The minimum Gasteiger partial charge on any atom is -0.441 e. The largest absolute Gasteiger partial charge is 0.441 e. The zero-order valence-electron chi connectivity index (χ0n) is 27.0. The fourth-order valence-corrected chi connectivity index (χ4v) is 10.5. The lowest BCUT2D eigenvalue weighted by atomic mass is 10.1. The zero-order chi connectivity index (χ0) is 30.3. The summed E-state index contributed by atoms with van der Waals surface area (Å²) in [6, 6.07) is 21.7. The van der Waals surface area contributed by atoms with E-state index in [0.29, 0.717) is 19.1 Å². The van der Waals surface area contributed by atoms with Crippen molar-refractivity contribution < 1.29 is 13.3 Å². The minimum absolute atomic E-state index is 0.0180. The third-order valence-electron chi connectivity index (χ3n) is 8.29. The van der Waals surface area contributed by atoms with Crippen molar-refractivity contribution in [3.8, 4) is 0 Å². The van der Waals surface area contributed by atoms with Crippen molar-refractivity contribution in [2.24, 2.45) is 0 Å². The SMILES string of the molecule is C/C(=C/c1nc(/C=C/CO[Si](C)(C)C(C)(C)C)c(C)o1)CCCO[Si](c1ccccc1)(c1ccccc1)C(C)(C)C. The highest BCUT2D eigenvalue weighted by Crippen LogP contribution is 2.37. The lowest BCUT2D eigenvalue weighted by Gasteiger charge is -2.43. The van der Waals surface area contributed by atoms with Crippen LogP contribution in [-0.2, 0) is 8.85 Å². The first-order valence-corrected chi connectivity index (χ1v) is 19.7. The average Bonchev–Trinajstić information content (AvgIpc) is 3.24. The monoisotopic (exact) mass is 589 g/mol. The van der Waals surface area contributed by atoms with Crippen LogP contribution in [0.5, 0.6) is 0 Å². The Bertz CT molecular complexity index is 1260. The number of nitrogens with zero attached hydrogens (tertiary/aromatic N) is 1. The zero-order valence-corrected chi connectivity index (χ0v) is 29.0. The fraction of sp³-hybridized carbons (Fsp3) is 0.457. The molecule has 222 valence electrons. The lowest BCUT2D eigenvalue weighted by molar-refractivity contribution is 0.292. The summed E-state index contributed by atoms with van der Waals surface area (Å²) in [7, 11) is -4.27. The van der Waals surface area contributed by atoms with E-state index >= 15 is 0 Å². The van der Waals surface area contributed by atoms with E-state index in [9.17, 15) is 0 Å². The van der Waals surface area contributed by atoms with Crippen LogP contribution in [0, 0.1) is 6.92 Å². The van der Waals surface area contributed by atoms with E-state index in [1.807, 2.05) is 19.1 Å². The smallest absolute Gasteiger partial charge is 0.261 e. The van der Waals surface area contributed by atoms with Gasteiger partial charge in [-0.2, -0.15) is 0 Å². The van der Waals surface area contributed by atoms with Gasteiger partial charge in [0.15, 0.2) is 8.32 Å². The van der Waals surface area contributed by atoms with Gasteiger partial charge in [0.1, 0.15) is 11.5 Å². The Kier molecular flexibility index (Phi) is 11.0. The number of benzene rings is 2. The Balaban J connectivity index is 1.65. The quantitative estimate of drug-likeness (QED) is 0.156. The van der Waals surface area contributed by atoms with Gasteiger partial charge in [0.2, 0.25) is 5.89 Å². The third-order valence-corrected chi connectivity index (χ3v) is 17.8. The Morgan fingerprint density at radius 1 is 0.854 bits per heavy atom. The number of aromatic nitrogens is 1. The van der Waals surface area contributed by atoms with Crippen LogP contribution in [0.15, 0.2) is 76.7 Å². The van der Waals surface area contributed by atoms with E-state index in [4.69, 9.17) is 18.3 Å². The van der Waals surface area contributed by atoms with E-state index in [1.165, 1.54) is 15.9 Å². The van der Waals surface area contributed by atoms with Gasteiger partial charge in [0.25, 0.3) is 8.32 Å². The fourth-order valence-electron chi connectivity index (χ4n) is 4.90. The van der Waals surface area contributed by atoms with Crippen molar-refractivity contribution in [3.05, 3.63) is 89.7 Å². The van der Waals surface area contributed by atoms with Crippen LogP contribution in [0.25, 0.3) is 12.2 Å². The first kappa shape index (κ1) is 33.0. The van der Waals surface area contributed by atoms with Gasteiger partial charge >= 0.3 is 0 Å². The van der Waals surface area contributed by atoms with Gasteiger partial charge in [-0.05, 0) is 72.4 Å². The van der Waals surface area contributed by atoms with E-state index in [2.05, 4.69) is 128 Å². The number of rotatable bonds is 12. The average molecular weight is 590 g/mol. The summed E-state index contributed by atoms with van der Waals surface area (Å²) < 4.78 is 19.3. The second-order valence-corrected chi connectivity index (χ2v) is 22.7. The van der Waals surface area contributed by atoms with E-state index in [-0.39, 0.29) is 10.1 Å². The predicted octanol–water partition coefficient (Wildman–Crippen LogP) is 8.78. The molecule has 0 aliphatic carbocycles. The maximum absolute atomic E-state index is 7.04. The molecule has 0 radical (unpaired) electrons. The molecule has 1 aromatic heterocycles. The number of oxazole rings is 1. The highest BCUT2D eigenvalue weighted by atomic mass is 28.4. The predicted molar refractivity (Wildman–Crippen MR) is 180 cm³/mol. The molecule has 0 saturated carbocycles. The molecular weight excluding hydrogens is 539 g/mol. The Hall–Kier alpha value is -2.52. The van der Waals surface area contributed by atoms with Crippen LogP contribution in [0.1, 0.15) is 78.7 Å². The molecule has 4 nitrogen and oxygen atoms in total. The number of aryl methyl sites for hydroxylation is 1. The third kappa shape index (κ3) is 8.28. The molecule has 3 aromatic rings. The molecule has 0 atom stereocenters. The first-order chi connectivity index (χ1) is 19.2. The number of hydrogen-bond acceptors (Lipinski definition) is 4. The molecule has 2 aromatic carbocycles. The van der Waals surface area contributed by atoms with Gasteiger partial charge in [-0.3, -0.25) is 0 Å². The molecule has 0 aliphatic heterocycles. The maximum atomic E-state index is 7.04. The Morgan fingerprint density at radius 2 is 1.41 bits per heavy atom. The standard InChI is InChI=1S/C35H51NO3Si2/c1-28(27-33-36-32(29(2)39-33)24-18-25-37-40(9,10)34(3,4)5)19-17-26-38-41(35(6,7)8,30-20-13-11-14-21-30)31-22-15-12-16-23-31/h11-16,18,20-24,27H,17,19,25-26H2,1-10H3/b24-18+,28-27-. The van der Waals surface area contributed by atoms with E-state index in [1.54, 1.807) is 0 Å². The van der Waals surface area contributed by atoms with Crippen molar-refractivity contribution in [1.29, 1.82) is 0 Å². The molecular formula is C35H51NO3Si2. The van der Waals surface area contributed by atoms with Crippen LogP contribution in [-0.4, -0.2) is 34.8 Å². The van der Waals surface area contributed by atoms with Crippen molar-refractivity contribution in [2.45, 2.75) is 91.4 Å². The van der Waals surface area contributed by atoms with Gasteiger partial charge in [-0.1, -0.05) is 114 Å². The Labute approximate surface area is 251 Å². The molecule has 0 amide bonds. The molecule has 0 saturated heterocycles. The summed E-state index contributed by atoms with van der Waals surface area (Å²) in [5, 5.41) is 2.81. The van der Waals surface area contributed by atoms with Gasteiger partial charge in [-0.15, -0.1) is 0 Å². The summed E-state index contributed by atoms with van der Waals surface area (Å²) >= 11 is 0. The summed E-state index contributed by atoms with van der Waals surface area (Å²) in [4.78, 5) is 4.71. The van der Waals surface area contributed by atoms with E-state index in [0.717, 1.165) is 24.3 Å². The van der Waals surface area contributed by atoms with Gasteiger partial charge in [0, 0.05) is 6.61 Å². The molecule has 6 heteroatoms.